The molecule has 1 aromatic carbocycles. The molecule has 0 aliphatic heterocycles. The number of rotatable bonds is 4. The third-order valence-electron chi connectivity index (χ3n) is 2.69. The second kappa shape index (κ2) is 5.72. The van der Waals surface area contributed by atoms with Crippen molar-refractivity contribution in [3.63, 3.8) is 0 Å². The highest BCUT2D eigenvalue weighted by Crippen LogP contribution is 2.12. The van der Waals surface area contributed by atoms with Crippen molar-refractivity contribution < 1.29 is 0 Å². The summed E-state index contributed by atoms with van der Waals surface area (Å²) in [5.74, 6) is 0.926. The van der Waals surface area contributed by atoms with Crippen molar-refractivity contribution in [1.82, 2.24) is 20.1 Å². The van der Waals surface area contributed by atoms with Gasteiger partial charge in [0.15, 0.2) is 0 Å². The van der Waals surface area contributed by atoms with Crippen LogP contribution in [0.4, 0.5) is 0 Å². The monoisotopic (exact) mass is 278 g/mol. The number of hydrogen-bond donors (Lipinski definition) is 1. The smallest absolute Gasteiger partial charge is 0.141 e. The highest BCUT2D eigenvalue weighted by atomic mass is 35.5. The van der Waals surface area contributed by atoms with Gasteiger partial charge in [0.25, 0.3) is 0 Å². The molecule has 4 nitrogen and oxygen atoms in total. The molecular formula is C14H19ClN4. The Hall–Kier alpha value is -1.39. The van der Waals surface area contributed by atoms with Crippen molar-refractivity contribution >= 4 is 11.6 Å². The van der Waals surface area contributed by atoms with Crippen LogP contribution in [-0.4, -0.2) is 20.3 Å². The van der Waals surface area contributed by atoms with Crippen molar-refractivity contribution in [3.05, 3.63) is 47.0 Å². The molecule has 102 valence electrons. The van der Waals surface area contributed by atoms with E-state index in [2.05, 4.69) is 36.2 Å². The van der Waals surface area contributed by atoms with Crippen LogP contribution >= 0.6 is 11.6 Å². The number of nitrogens with one attached hydrogen (secondary N) is 1. The van der Waals surface area contributed by atoms with E-state index in [1.807, 2.05) is 28.9 Å². The molecule has 0 saturated heterocycles. The predicted molar refractivity (Wildman–Crippen MR) is 77.2 cm³/mol. The largest absolute Gasteiger partial charge is 0.305 e. The van der Waals surface area contributed by atoms with Crippen molar-refractivity contribution in [2.24, 2.45) is 0 Å². The highest BCUT2D eigenvalue weighted by Gasteiger charge is 2.11. The second-order valence-corrected chi connectivity index (χ2v) is 6.00. The molecule has 0 spiro atoms. The Kier molecular flexibility index (Phi) is 4.22. The van der Waals surface area contributed by atoms with Crippen molar-refractivity contribution in [2.45, 2.75) is 39.4 Å². The minimum absolute atomic E-state index is 0.0623. The molecule has 2 aromatic rings. The molecule has 0 atom stereocenters. The number of hydrogen-bond acceptors (Lipinski definition) is 3. The van der Waals surface area contributed by atoms with Gasteiger partial charge >= 0.3 is 0 Å². The number of nitrogens with zero attached hydrogens (tertiary/aromatic N) is 3. The summed E-state index contributed by atoms with van der Waals surface area (Å²) in [5.41, 5.74) is 1.18. The Balaban J connectivity index is 2.07. The Labute approximate surface area is 118 Å². The van der Waals surface area contributed by atoms with Crippen LogP contribution < -0.4 is 5.32 Å². The van der Waals surface area contributed by atoms with Crippen molar-refractivity contribution in [2.75, 3.05) is 0 Å². The number of aromatic nitrogens is 3. The van der Waals surface area contributed by atoms with Crippen LogP contribution in [0.5, 0.6) is 0 Å². The lowest BCUT2D eigenvalue weighted by Crippen LogP contribution is -2.36. The van der Waals surface area contributed by atoms with E-state index in [0.29, 0.717) is 13.1 Å². The van der Waals surface area contributed by atoms with Gasteiger partial charge in [-0.05, 0) is 38.5 Å². The predicted octanol–water partition coefficient (Wildman–Crippen LogP) is 2.87. The Morgan fingerprint density at radius 1 is 1.32 bits per heavy atom. The normalized spacial score (nSPS) is 11.8. The minimum Gasteiger partial charge on any atom is -0.305 e. The van der Waals surface area contributed by atoms with E-state index < -0.39 is 0 Å². The molecule has 0 radical (unpaired) electrons. The van der Waals surface area contributed by atoms with Crippen LogP contribution in [0.3, 0.4) is 0 Å². The standard InChI is InChI=1S/C14H19ClN4/c1-14(2,3)17-8-13-16-10-18-19(13)9-11-5-4-6-12(15)7-11/h4-7,10,17H,8-9H2,1-3H3. The maximum Gasteiger partial charge on any atom is 0.141 e. The molecule has 5 heteroatoms. The van der Waals surface area contributed by atoms with Crippen LogP contribution in [0, 0.1) is 0 Å². The van der Waals surface area contributed by atoms with Gasteiger partial charge in [0.2, 0.25) is 0 Å². The molecule has 1 N–H and O–H groups in total. The zero-order valence-electron chi connectivity index (χ0n) is 11.5. The Morgan fingerprint density at radius 2 is 2.11 bits per heavy atom. The first-order valence-electron chi connectivity index (χ1n) is 6.30. The van der Waals surface area contributed by atoms with Gasteiger partial charge < -0.3 is 5.32 Å². The summed E-state index contributed by atoms with van der Waals surface area (Å²) >= 11 is 5.99. The first-order chi connectivity index (χ1) is 8.94. The van der Waals surface area contributed by atoms with Crippen LogP contribution in [0.2, 0.25) is 5.02 Å². The Bertz CT molecular complexity index is 542. The number of halogens is 1. The lowest BCUT2D eigenvalue weighted by atomic mass is 10.1. The average Bonchev–Trinajstić information content (AvgIpc) is 2.73. The fourth-order valence-corrected chi connectivity index (χ4v) is 1.92. The summed E-state index contributed by atoms with van der Waals surface area (Å²) in [7, 11) is 0. The lowest BCUT2D eigenvalue weighted by Gasteiger charge is -2.20. The van der Waals surface area contributed by atoms with Crippen molar-refractivity contribution in [1.29, 1.82) is 0 Å². The first kappa shape index (κ1) is 14.0. The molecule has 2 rings (SSSR count). The Morgan fingerprint density at radius 3 is 2.79 bits per heavy atom. The lowest BCUT2D eigenvalue weighted by molar-refractivity contribution is 0.410. The summed E-state index contributed by atoms with van der Waals surface area (Å²) in [5, 5.41) is 8.42. The van der Waals surface area contributed by atoms with Gasteiger partial charge in [0, 0.05) is 10.6 Å². The van der Waals surface area contributed by atoms with E-state index in [1.165, 1.54) is 0 Å². The molecule has 0 aliphatic carbocycles. The SMILES string of the molecule is CC(C)(C)NCc1ncnn1Cc1cccc(Cl)c1. The summed E-state index contributed by atoms with van der Waals surface area (Å²) in [6.07, 6.45) is 1.59. The quantitative estimate of drug-likeness (QED) is 0.935. The van der Waals surface area contributed by atoms with Gasteiger partial charge in [-0.25, -0.2) is 9.67 Å². The fraction of sp³-hybridized carbons (Fsp3) is 0.429. The molecule has 0 fully saturated rings. The van der Waals surface area contributed by atoms with Gasteiger partial charge in [-0.15, -0.1) is 0 Å². The maximum absolute atomic E-state index is 5.99. The van der Waals surface area contributed by atoms with E-state index in [0.717, 1.165) is 16.4 Å². The zero-order chi connectivity index (χ0) is 13.9. The molecule has 0 saturated carbocycles. The van der Waals surface area contributed by atoms with Crippen LogP contribution in [0.1, 0.15) is 32.2 Å². The third-order valence-corrected chi connectivity index (χ3v) is 2.93. The maximum atomic E-state index is 5.99. The summed E-state index contributed by atoms with van der Waals surface area (Å²) < 4.78 is 1.89. The van der Waals surface area contributed by atoms with Gasteiger partial charge in [-0.3, -0.25) is 0 Å². The van der Waals surface area contributed by atoms with E-state index in [4.69, 9.17) is 11.6 Å². The third kappa shape index (κ3) is 4.33. The molecule has 1 aromatic heterocycles. The fourth-order valence-electron chi connectivity index (χ4n) is 1.71. The molecular weight excluding hydrogens is 260 g/mol. The van der Waals surface area contributed by atoms with Gasteiger partial charge in [-0.2, -0.15) is 5.10 Å². The molecule has 0 unspecified atom stereocenters. The van der Waals surface area contributed by atoms with E-state index in [9.17, 15) is 0 Å². The van der Waals surface area contributed by atoms with Crippen molar-refractivity contribution in [3.8, 4) is 0 Å². The summed E-state index contributed by atoms with van der Waals surface area (Å²) in [6.45, 7) is 7.77. The molecule has 19 heavy (non-hydrogen) atoms. The van der Waals surface area contributed by atoms with E-state index in [-0.39, 0.29) is 5.54 Å². The topological polar surface area (TPSA) is 42.7 Å². The molecule has 0 aliphatic rings. The first-order valence-corrected chi connectivity index (χ1v) is 6.68. The molecule has 0 amide bonds. The summed E-state index contributed by atoms with van der Waals surface area (Å²) in [6, 6.07) is 7.80. The zero-order valence-corrected chi connectivity index (χ0v) is 12.3. The second-order valence-electron chi connectivity index (χ2n) is 5.57. The van der Waals surface area contributed by atoms with E-state index >= 15 is 0 Å². The minimum atomic E-state index is 0.0623. The van der Waals surface area contributed by atoms with E-state index in [1.54, 1.807) is 6.33 Å². The van der Waals surface area contributed by atoms with Gasteiger partial charge in [0.1, 0.15) is 12.2 Å². The molecule has 0 bridgehead atoms. The van der Waals surface area contributed by atoms with Crippen LogP contribution in [0.15, 0.2) is 30.6 Å². The van der Waals surface area contributed by atoms with Crippen LogP contribution in [0.25, 0.3) is 0 Å². The van der Waals surface area contributed by atoms with Crippen LogP contribution in [-0.2, 0) is 13.1 Å². The van der Waals surface area contributed by atoms with Gasteiger partial charge in [0.05, 0.1) is 13.1 Å². The number of benzene rings is 1. The average molecular weight is 279 g/mol. The highest BCUT2D eigenvalue weighted by molar-refractivity contribution is 6.30. The molecule has 1 heterocycles. The summed E-state index contributed by atoms with van der Waals surface area (Å²) in [4.78, 5) is 4.29. The van der Waals surface area contributed by atoms with Gasteiger partial charge in [-0.1, -0.05) is 23.7 Å².